The maximum absolute atomic E-state index is 12.2. The second-order valence-corrected chi connectivity index (χ2v) is 7.14. The third-order valence-corrected chi connectivity index (χ3v) is 5.12. The van der Waals surface area contributed by atoms with Crippen LogP contribution in [0.15, 0.2) is 29.3 Å². The molecule has 6 nitrogen and oxygen atoms in total. The van der Waals surface area contributed by atoms with Crippen LogP contribution in [-0.2, 0) is 4.74 Å². The molecule has 0 radical (unpaired) electrons. The maximum Gasteiger partial charge on any atom is 0.387 e. The third kappa shape index (κ3) is 6.91. The Kier molecular flexibility index (Phi) is 8.92. The number of halogens is 2. The van der Waals surface area contributed by atoms with E-state index in [0.717, 1.165) is 32.4 Å². The third-order valence-electron chi connectivity index (χ3n) is 5.12. The number of hydrogen-bond donors (Lipinski definition) is 3. The SMILES string of the molecule is CCNC(=NCC1(CCOC)CCC1)NCC(O)c1ccc(OC(F)F)cc1. The summed E-state index contributed by atoms with van der Waals surface area (Å²) in [7, 11) is 1.72. The molecule has 0 saturated heterocycles. The van der Waals surface area contributed by atoms with Crippen molar-refractivity contribution in [3.63, 3.8) is 0 Å². The first-order valence-electron chi connectivity index (χ1n) is 9.72. The van der Waals surface area contributed by atoms with E-state index in [9.17, 15) is 13.9 Å². The number of rotatable bonds is 11. The average molecular weight is 399 g/mol. The number of alkyl halides is 2. The summed E-state index contributed by atoms with van der Waals surface area (Å²) in [6.07, 6.45) is 3.76. The van der Waals surface area contributed by atoms with Crippen molar-refractivity contribution >= 4 is 5.96 Å². The van der Waals surface area contributed by atoms with Crippen LogP contribution in [0, 0.1) is 5.41 Å². The lowest BCUT2D eigenvalue weighted by molar-refractivity contribution is -0.0498. The van der Waals surface area contributed by atoms with Gasteiger partial charge < -0.3 is 25.2 Å². The molecular formula is C20H31F2N3O3. The summed E-state index contributed by atoms with van der Waals surface area (Å²) in [4.78, 5) is 4.70. The van der Waals surface area contributed by atoms with Crippen LogP contribution in [0.1, 0.15) is 44.3 Å². The Balaban J connectivity index is 1.89. The van der Waals surface area contributed by atoms with Gasteiger partial charge in [0.25, 0.3) is 0 Å². The van der Waals surface area contributed by atoms with Crippen LogP contribution < -0.4 is 15.4 Å². The Morgan fingerprint density at radius 2 is 1.96 bits per heavy atom. The van der Waals surface area contributed by atoms with Crippen LogP contribution in [0.25, 0.3) is 0 Å². The minimum atomic E-state index is -2.86. The van der Waals surface area contributed by atoms with E-state index in [0.29, 0.717) is 18.1 Å². The quantitative estimate of drug-likeness (QED) is 0.394. The van der Waals surface area contributed by atoms with Crippen LogP contribution in [-0.4, -0.2) is 51.0 Å². The average Bonchev–Trinajstić information content (AvgIpc) is 2.64. The molecule has 1 aliphatic carbocycles. The highest BCUT2D eigenvalue weighted by Gasteiger charge is 2.36. The molecule has 0 spiro atoms. The van der Waals surface area contributed by atoms with Gasteiger partial charge in [-0.3, -0.25) is 4.99 Å². The summed E-state index contributed by atoms with van der Waals surface area (Å²) in [6, 6.07) is 5.98. The molecule has 0 heterocycles. The lowest BCUT2D eigenvalue weighted by Crippen LogP contribution is -2.41. The van der Waals surface area contributed by atoms with E-state index in [-0.39, 0.29) is 17.7 Å². The van der Waals surface area contributed by atoms with Gasteiger partial charge in [-0.15, -0.1) is 0 Å². The molecule has 8 heteroatoms. The second kappa shape index (κ2) is 11.2. The molecule has 0 bridgehead atoms. The smallest absolute Gasteiger partial charge is 0.387 e. The van der Waals surface area contributed by atoms with Crippen molar-refractivity contribution in [3.8, 4) is 5.75 Å². The predicted octanol–water partition coefficient (Wildman–Crippen LogP) is 3.08. The number of nitrogens with zero attached hydrogens (tertiary/aromatic N) is 1. The van der Waals surface area contributed by atoms with Crippen LogP contribution in [0.5, 0.6) is 5.75 Å². The van der Waals surface area contributed by atoms with Gasteiger partial charge in [-0.2, -0.15) is 8.78 Å². The van der Waals surface area contributed by atoms with E-state index < -0.39 is 12.7 Å². The van der Waals surface area contributed by atoms with Crippen molar-refractivity contribution in [3.05, 3.63) is 29.8 Å². The summed E-state index contributed by atoms with van der Waals surface area (Å²) >= 11 is 0. The maximum atomic E-state index is 12.2. The lowest BCUT2D eigenvalue weighted by Gasteiger charge is -2.40. The molecule has 3 N–H and O–H groups in total. The Labute approximate surface area is 165 Å². The van der Waals surface area contributed by atoms with Crippen molar-refractivity contribution in [2.75, 3.05) is 33.4 Å². The Morgan fingerprint density at radius 3 is 2.50 bits per heavy atom. The summed E-state index contributed by atoms with van der Waals surface area (Å²) in [5.41, 5.74) is 0.831. The van der Waals surface area contributed by atoms with Gasteiger partial charge in [-0.1, -0.05) is 18.6 Å². The van der Waals surface area contributed by atoms with Gasteiger partial charge in [0.1, 0.15) is 5.75 Å². The monoisotopic (exact) mass is 399 g/mol. The van der Waals surface area contributed by atoms with Crippen molar-refractivity contribution in [1.82, 2.24) is 10.6 Å². The van der Waals surface area contributed by atoms with Gasteiger partial charge in [0.2, 0.25) is 0 Å². The summed E-state index contributed by atoms with van der Waals surface area (Å²) < 4.78 is 34.0. The first-order valence-corrected chi connectivity index (χ1v) is 9.72. The number of guanidine groups is 1. The molecule has 1 fully saturated rings. The first kappa shape index (κ1) is 22.4. The Bertz CT molecular complexity index is 607. The van der Waals surface area contributed by atoms with E-state index in [1.54, 1.807) is 19.2 Å². The number of aliphatic hydroxyl groups excluding tert-OH is 1. The minimum Gasteiger partial charge on any atom is -0.435 e. The number of aliphatic imine (C=N–C) groups is 1. The van der Waals surface area contributed by atoms with Gasteiger partial charge >= 0.3 is 6.61 Å². The number of aliphatic hydroxyl groups is 1. The number of nitrogens with one attached hydrogen (secondary N) is 2. The molecule has 1 aliphatic rings. The lowest BCUT2D eigenvalue weighted by atomic mass is 9.67. The first-order chi connectivity index (χ1) is 13.5. The van der Waals surface area contributed by atoms with Crippen molar-refractivity contribution in [2.24, 2.45) is 10.4 Å². The molecule has 1 saturated carbocycles. The second-order valence-electron chi connectivity index (χ2n) is 7.14. The van der Waals surface area contributed by atoms with Gasteiger partial charge in [0.15, 0.2) is 5.96 Å². The van der Waals surface area contributed by atoms with E-state index in [1.165, 1.54) is 18.6 Å². The topological polar surface area (TPSA) is 75.1 Å². The Hall–Kier alpha value is -1.93. The molecule has 0 amide bonds. The zero-order valence-corrected chi connectivity index (χ0v) is 16.6. The predicted molar refractivity (Wildman–Crippen MR) is 105 cm³/mol. The van der Waals surface area contributed by atoms with Crippen LogP contribution >= 0.6 is 0 Å². The summed E-state index contributed by atoms with van der Waals surface area (Å²) in [5.74, 6) is 0.721. The molecular weight excluding hydrogens is 368 g/mol. The molecule has 28 heavy (non-hydrogen) atoms. The minimum absolute atomic E-state index is 0.0654. The highest BCUT2D eigenvalue weighted by Crippen LogP contribution is 2.44. The molecule has 0 aromatic heterocycles. The fourth-order valence-electron chi connectivity index (χ4n) is 3.25. The number of methoxy groups -OCH3 is 1. The van der Waals surface area contributed by atoms with Crippen molar-refractivity contribution in [1.29, 1.82) is 0 Å². The molecule has 1 aromatic carbocycles. The van der Waals surface area contributed by atoms with E-state index in [1.807, 2.05) is 6.92 Å². The normalized spacial score (nSPS) is 17.1. The zero-order chi connectivity index (χ0) is 20.4. The fourth-order valence-corrected chi connectivity index (χ4v) is 3.25. The highest BCUT2D eigenvalue weighted by atomic mass is 19.3. The fraction of sp³-hybridized carbons (Fsp3) is 0.650. The molecule has 2 rings (SSSR count). The van der Waals surface area contributed by atoms with Crippen molar-refractivity contribution in [2.45, 2.75) is 45.3 Å². The standard InChI is InChI=1S/C20H31F2N3O3/c1-3-23-19(25-14-20(9-4-10-20)11-12-27-2)24-13-17(26)15-5-7-16(8-6-15)28-18(21)22/h5-8,17-18,26H,3-4,9-14H2,1-2H3,(H2,23,24,25). The number of ether oxygens (including phenoxy) is 2. The molecule has 158 valence electrons. The van der Waals surface area contributed by atoms with E-state index in [4.69, 9.17) is 9.73 Å². The van der Waals surface area contributed by atoms with E-state index >= 15 is 0 Å². The van der Waals surface area contributed by atoms with Gasteiger partial charge in [0.05, 0.1) is 6.10 Å². The van der Waals surface area contributed by atoms with Crippen LogP contribution in [0.4, 0.5) is 8.78 Å². The molecule has 1 aromatic rings. The summed E-state index contributed by atoms with van der Waals surface area (Å²) in [5, 5.41) is 16.7. The molecule has 1 unspecified atom stereocenters. The van der Waals surface area contributed by atoms with Crippen molar-refractivity contribution < 1.29 is 23.4 Å². The zero-order valence-electron chi connectivity index (χ0n) is 16.6. The van der Waals surface area contributed by atoms with E-state index in [2.05, 4.69) is 15.4 Å². The van der Waals surface area contributed by atoms with Crippen LogP contribution in [0.2, 0.25) is 0 Å². The van der Waals surface area contributed by atoms with Crippen LogP contribution in [0.3, 0.4) is 0 Å². The summed E-state index contributed by atoms with van der Waals surface area (Å²) in [6.45, 7) is 1.56. The number of hydrogen-bond acceptors (Lipinski definition) is 4. The number of benzene rings is 1. The van der Waals surface area contributed by atoms with Gasteiger partial charge in [-0.05, 0) is 49.3 Å². The van der Waals surface area contributed by atoms with Gasteiger partial charge in [-0.25, -0.2) is 0 Å². The highest BCUT2D eigenvalue weighted by molar-refractivity contribution is 5.79. The largest absolute Gasteiger partial charge is 0.435 e. The molecule has 1 atom stereocenters. The van der Waals surface area contributed by atoms with Gasteiger partial charge in [0, 0.05) is 33.4 Å². The Morgan fingerprint density at radius 1 is 1.25 bits per heavy atom. The molecule has 0 aliphatic heterocycles.